The van der Waals surface area contributed by atoms with E-state index < -0.39 is 0 Å². The van der Waals surface area contributed by atoms with E-state index in [1.165, 1.54) is 4.57 Å². The Morgan fingerprint density at radius 1 is 0.960 bits per heavy atom. The van der Waals surface area contributed by atoms with E-state index in [0.717, 1.165) is 43.5 Å². The van der Waals surface area contributed by atoms with Gasteiger partial charge in [-0.15, -0.1) is 0 Å². The Morgan fingerprint density at radius 2 is 1.56 bits per heavy atom. The smallest absolute Gasteiger partial charge is 0.255 e. The minimum Gasteiger partial charge on any atom is -0.356 e. The molecular weight excluding hydrogens is 316 g/mol. The number of hydrogen-bond donors (Lipinski definition) is 0. The first kappa shape index (κ1) is 16.1. The summed E-state index contributed by atoms with van der Waals surface area (Å²) in [7, 11) is 1.73. The molecule has 0 aromatic carbocycles. The van der Waals surface area contributed by atoms with E-state index in [4.69, 9.17) is 0 Å². The summed E-state index contributed by atoms with van der Waals surface area (Å²) in [4.78, 5) is 29.7. The molecule has 7 nitrogen and oxygen atoms in total. The molecule has 2 unspecified atom stereocenters. The second-order valence-corrected chi connectivity index (χ2v) is 7.48. The Kier molecular flexibility index (Phi) is 3.94. The summed E-state index contributed by atoms with van der Waals surface area (Å²) in [6, 6.07) is 3.75. The normalized spacial score (nSPS) is 22.7. The van der Waals surface area contributed by atoms with Crippen molar-refractivity contribution in [1.29, 1.82) is 0 Å². The van der Waals surface area contributed by atoms with Gasteiger partial charge in [0.15, 0.2) is 0 Å². The maximum atomic E-state index is 11.8. The number of rotatable bonds is 3. The topological polar surface area (TPSA) is 67.2 Å². The number of aromatic nitrogens is 4. The van der Waals surface area contributed by atoms with E-state index in [-0.39, 0.29) is 5.56 Å². The molecule has 0 saturated carbocycles. The van der Waals surface area contributed by atoms with Crippen molar-refractivity contribution < 1.29 is 0 Å². The molecule has 4 heterocycles. The summed E-state index contributed by atoms with van der Waals surface area (Å²) < 4.78 is 1.50. The molecule has 2 atom stereocenters. The molecule has 7 heteroatoms. The minimum atomic E-state index is -0.00844. The predicted molar refractivity (Wildman–Crippen MR) is 97.0 cm³/mol. The van der Waals surface area contributed by atoms with Crippen LogP contribution >= 0.6 is 0 Å². The SMILES string of the molecule is CC(C)c1cc(N2CC3CN(c4cc(=O)n(C)cn4)CC3C2)ncn1. The van der Waals surface area contributed by atoms with E-state index in [9.17, 15) is 4.79 Å². The van der Waals surface area contributed by atoms with Crippen LogP contribution < -0.4 is 15.4 Å². The van der Waals surface area contributed by atoms with Gasteiger partial charge in [-0.1, -0.05) is 13.8 Å². The fourth-order valence-electron chi connectivity index (χ4n) is 3.84. The quantitative estimate of drug-likeness (QED) is 0.838. The van der Waals surface area contributed by atoms with Crippen molar-refractivity contribution in [3.05, 3.63) is 40.8 Å². The molecule has 2 aromatic rings. The van der Waals surface area contributed by atoms with Crippen molar-refractivity contribution in [3.63, 3.8) is 0 Å². The van der Waals surface area contributed by atoms with Gasteiger partial charge in [-0.05, 0) is 5.92 Å². The summed E-state index contributed by atoms with van der Waals surface area (Å²) in [5.74, 6) is 3.41. The zero-order chi connectivity index (χ0) is 17.6. The van der Waals surface area contributed by atoms with Gasteiger partial charge in [0.25, 0.3) is 5.56 Å². The van der Waals surface area contributed by atoms with Crippen molar-refractivity contribution in [2.75, 3.05) is 36.0 Å². The molecular formula is C18H24N6O. The summed E-state index contributed by atoms with van der Waals surface area (Å²) in [5.41, 5.74) is 1.08. The Morgan fingerprint density at radius 3 is 2.12 bits per heavy atom. The zero-order valence-electron chi connectivity index (χ0n) is 15.0. The van der Waals surface area contributed by atoms with Crippen molar-refractivity contribution in [2.24, 2.45) is 18.9 Å². The Hall–Kier alpha value is -2.44. The van der Waals surface area contributed by atoms with Crippen LogP contribution in [-0.2, 0) is 7.05 Å². The number of hydrogen-bond acceptors (Lipinski definition) is 6. The molecule has 2 aliphatic heterocycles. The molecule has 2 aliphatic rings. The fourth-order valence-corrected chi connectivity index (χ4v) is 3.84. The van der Waals surface area contributed by atoms with Gasteiger partial charge in [0.1, 0.15) is 18.0 Å². The lowest BCUT2D eigenvalue weighted by molar-refractivity contribution is 0.533. The highest BCUT2D eigenvalue weighted by molar-refractivity contribution is 5.45. The van der Waals surface area contributed by atoms with Crippen LogP contribution in [0.15, 0.2) is 29.6 Å². The highest BCUT2D eigenvalue weighted by Gasteiger charge is 2.41. The van der Waals surface area contributed by atoms with Crippen LogP contribution in [0.3, 0.4) is 0 Å². The van der Waals surface area contributed by atoms with Crippen LogP contribution in [0.5, 0.6) is 0 Å². The first-order valence-electron chi connectivity index (χ1n) is 8.86. The molecule has 0 bridgehead atoms. The highest BCUT2D eigenvalue weighted by Crippen LogP contribution is 2.35. The zero-order valence-corrected chi connectivity index (χ0v) is 15.0. The Balaban J connectivity index is 1.46. The van der Waals surface area contributed by atoms with Crippen LogP contribution in [0.2, 0.25) is 0 Å². The van der Waals surface area contributed by atoms with Crippen LogP contribution in [-0.4, -0.2) is 45.7 Å². The maximum Gasteiger partial charge on any atom is 0.255 e. The maximum absolute atomic E-state index is 11.8. The molecule has 0 radical (unpaired) electrons. The summed E-state index contributed by atoms with van der Waals surface area (Å²) in [6.07, 6.45) is 3.28. The molecule has 2 aromatic heterocycles. The largest absolute Gasteiger partial charge is 0.356 e. The standard InChI is InChI=1S/C18H24N6O/c1-12(2)15-4-16(20-10-19-15)23-6-13-8-24(9-14(13)7-23)17-5-18(25)22(3)11-21-17/h4-5,10-14H,6-9H2,1-3H3. The van der Waals surface area contributed by atoms with Gasteiger partial charge in [-0.2, -0.15) is 0 Å². The number of aryl methyl sites for hydroxylation is 1. The summed E-state index contributed by atoms with van der Waals surface area (Å²) >= 11 is 0. The van der Waals surface area contributed by atoms with Gasteiger partial charge >= 0.3 is 0 Å². The van der Waals surface area contributed by atoms with Crippen molar-refractivity contribution in [1.82, 2.24) is 19.5 Å². The molecule has 0 amide bonds. The third-order valence-electron chi connectivity index (χ3n) is 5.36. The lowest BCUT2D eigenvalue weighted by Crippen LogP contribution is -2.31. The minimum absolute atomic E-state index is 0.00844. The molecule has 2 fully saturated rings. The second kappa shape index (κ2) is 6.13. The highest BCUT2D eigenvalue weighted by atomic mass is 16.1. The van der Waals surface area contributed by atoms with Gasteiger partial charge in [-0.25, -0.2) is 15.0 Å². The van der Waals surface area contributed by atoms with Gasteiger partial charge in [-0.3, -0.25) is 4.79 Å². The third-order valence-corrected chi connectivity index (χ3v) is 5.36. The van der Waals surface area contributed by atoms with Crippen LogP contribution in [0.4, 0.5) is 11.6 Å². The lowest BCUT2D eigenvalue weighted by atomic mass is 10.0. The van der Waals surface area contributed by atoms with Crippen molar-refractivity contribution in [2.45, 2.75) is 19.8 Å². The summed E-state index contributed by atoms with van der Waals surface area (Å²) in [5, 5.41) is 0. The Bertz CT molecular complexity index is 818. The van der Waals surface area contributed by atoms with E-state index in [2.05, 4.69) is 44.7 Å². The number of nitrogens with zero attached hydrogens (tertiary/aromatic N) is 6. The van der Waals surface area contributed by atoms with E-state index >= 15 is 0 Å². The van der Waals surface area contributed by atoms with E-state index in [1.54, 1.807) is 25.8 Å². The third kappa shape index (κ3) is 2.99. The van der Waals surface area contributed by atoms with E-state index in [0.29, 0.717) is 17.8 Å². The number of fused-ring (bicyclic) bond motifs is 1. The molecule has 0 N–H and O–H groups in total. The van der Waals surface area contributed by atoms with Gasteiger partial charge in [0.2, 0.25) is 0 Å². The van der Waals surface area contributed by atoms with Gasteiger partial charge in [0, 0.05) is 62.9 Å². The lowest BCUT2D eigenvalue weighted by Gasteiger charge is -2.23. The van der Waals surface area contributed by atoms with Gasteiger partial charge in [0.05, 0.1) is 6.33 Å². The summed E-state index contributed by atoms with van der Waals surface area (Å²) in [6.45, 7) is 8.20. The predicted octanol–water partition coefficient (Wildman–Crippen LogP) is 1.27. The van der Waals surface area contributed by atoms with E-state index in [1.807, 2.05) is 0 Å². The van der Waals surface area contributed by atoms with Crippen LogP contribution in [0.25, 0.3) is 0 Å². The average molecular weight is 340 g/mol. The van der Waals surface area contributed by atoms with Crippen LogP contribution in [0.1, 0.15) is 25.5 Å². The molecule has 2 saturated heterocycles. The Labute approximate surface area is 147 Å². The first-order valence-corrected chi connectivity index (χ1v) is 8.86. The van der Waals surface area contributed by atoms with Crippen LogP contribution in [0, 0.1) is 11.8 Å². The molecule has 4 rings (SSSR count). The first-order chi connectivity index (χ1) is 12.0. The molecule has 25 heavy (non-hydrogen) atoms. The van der Waals surface area contributed by atoms with Gasteiger partial charge < -0.3 is 14.4 Å². The average Bonchev–Trinajstić information content (AvgIpc) is 3.16. The number of anilines is 2. The van der Waals surface area contributed by atoms with Crippen molar-refractivity contribution in [3.8, 4) is 0 Å². The molecule has 0 aliphatic carbocycles. The monoisotopic (exact) mass is 340 g/mol. The fraction of sp³-hybridized carbons (Fsp3) is 0.556. The second-order valence-electron chi connectivity index (χ2n) is 7.48. The molecule has 132 valence electrons. The molecule has 0 spiro atoms. The van der Waals surface area contributed by atoms with Crippen molar-refractivity contribution >= 4 is 11.6 Å².